The minimum absolute atomic E-state index is 0.0111. The maximum atomic E-state index is 12.1. The number of nitrogens with one attached hydrogen (secondary N) is 4. The molecule has 2 aromatic rings. The maximum absolute atomic E-state index is 12.1. The SMILES string of the molecule is CC(C)(C)OC(=O)N[C@@H](CNc1ccccc1N)C(=O)O.CC(C)(C)OC(=O)N[C@H]1CCc2ccccc2NC1=O. The van der Waals surface area contributed by atoms with Gasteiger partial charge in [-0.25, -0.2) is 14.4 Å². The lowest BCUT2D eigenvalue weighted by molar-refractivity contribution is -0.139. The van der Waals surface area contributed by atoms with E-state index in [9.17, 15) is 19.2 Å². The van der Waals surface area contributed by atoms with Crippen molar-refractivity contribution in [1.29, 1.82) is 0 Å². The number of benzene rings is 2. The summed E-state index contributed by atoms with van der Waals surface area (Å²) in [5.74, 6) is -1.37. The smallest absolute Gasteiger partial charge is 0.408 e. The van der Waals surface area contributed by atoms with E-state index in [0.29, 0.717) is 17.8 Å². The molecule has 0 aromatic heterocycles. The number of carbonyl (C=O) groups excluding carboxylic acids is 3. The molecule has 1 heterocycles. The molecule has 12 heteroatoms. The van der Waals surface area contributed by atoms with Gasteiger partial charge in [0.15, 0.2) is 0 Å². The lowest BCUT2D eigenvalue weighted by Gasteiger charge is -2.22. The van der Waals surface area contributed by atoms with Crippen molar-refractivity contribution in [3.63, 3.8) is 0 Å². The van der Waals surface area contributed by atoms with Crippen LogP contribution in [-0.2, 0) is 25.5 Å². The molecule has 0 aliphatic carbocycles. The molecule has 0 radical (unpaired) electrons. The number of carboxylic acids is 1. The Morgan fingerprint density at radius 3 is 2.17 bits per heavy atom. The van der Waals surface area contributed by atoms with E-state index in [2.05, 4.69) is 21.3 Å². The van der Waals surface area contributed by atoms with Crippen molar-refractivity contribution in [2.24, 2.45) is 0 Å². The van der Waals surface area contributed by atoms with Crippen molar-refractivity contribution >= 4 is 41.1 Å². The Balaban J connectivity index is 0.000000287. The van der Waals surface area contributed by atoms with Gasteiger partial charge in [-0.1, -0.05) is 30.3 Å². The Bertz CT molecular complexity index is 1220. The zero-order valence-corrected chi connectivity index (χ0v) is 24.4. The first-order valence-electron chi connectivity index (χ1n) is 13.2. The summed E-state index contributed by atoms with van der Waals surface area (Å²) in [5.41, 5.74) is 7.47. The summed E-state index contributed by atoms with van der Waals surface area (Å²) in [7, 11) is 0. The Morgan fingerprint density at radius 1 is 0.976 bits per heavy atom. The number of aliphatic carboxylic acids is 1. The van der Waals surface area contributed by atoms with E-state index in [1.807, 2.05) is 24.3 Å². The van der Waals surface area contributed by atoms with Gasteiger partial charge in [0.2, 0.25) is 5.91 Å². The third kappa shape index (κ3) is 12.1. The molecule has 0 saturated carbocycles. The van der Waals surface area contributed by atoms with E-state index in [4.69, 9.17) is 20.3 Å². The lowest BCUT2D eigenvalue weighted by Crippen LogP contribution is -2.47. The molecular formula is C29H41N5O7. The number of amides is 3. The van der Waals surface area contributed by atoms with Crippen molar-refractivity contribution in [1.82, 2.24) is 10.6 Å². The average Bonchev–Trinajstić information content (AvgIpc) is 2.99. The Morgan fingerprint density at radius 2 is 1.56 bits per heavy atom. The molecule has 7 N–H and O–H groups in total. The van der Waals surface area contributed by atoms with Crippen LogP contribution < -0.4 is 27.0 Å². The van der Waals surface area contributed by atoms with E-state index in [0.717, 1.165) is 17.7 Å². The van der Waals surface area contributed by atoms with Crippen molar-refractivity contribution < 1.29 is 33.8 Å². The highest BCUT2D eigenvalue weighted by atomic mass is 16.6. The molecule has 12 nitrogen and oxygen atoms in total. The van der Waals surface area contributed by atoms with Crippen molar-refractivity contribution in [3.8, 4) is 0 Å². The van der Waals surface area contributed by atoms with Crippen LogP contribution in [-0.4, -0.2) is 59.0 Å². The molecule has 0 bridgehead atoms. The van der Waals surface area contributed by atoms with E-state index in [1.165, 1.54) is 0 Å². The van der Waals surface area contributed by atoms with Gasteiger partial charge in [-0.05, 0) is 78.1 Å². The van der Waals surface area contributed by atoms with Gasteiger partial charge >= 0.3 is 18.2 Å². The van der Waals surface area contributed by atoms with Gasteiger partial charge < -0.3 is 41.6 Å². The summed E-state index contributed by atoms with van der Waals surface area (Å²) < 4.78 is 10.2. The van der Waals surface area contributed by atoms with Crippen molar-refractivity contribution in [2.75, 3.05) is 22.9 Å². The largest absolute Gasteiger partial charge is 0.480 e. The number of para-hydroxylation sites is 3. The fourth-order valence-corrected chi connectivity index (χ4v) is 3.62. The van der Waals surface area contributed by atoms with E-state index < -0.39 is 41.4 Å². The molecule has 3 rings (SSSR count). The van der Waals surface area contributed by atoms with Crippen LogP contribution in [0.15, 0.2) is 48.5 Å². The number of aryl methyl sites for hydroxylation is 1. The van der Waals surface area contributed by atoms with Crippen LogP contribution in [0.2, 0.25) is 0 Å². The zero-order chi connectivity index (χ0) is 30.8. The molecule has 2 aromatic carbocycles. The number of carbonyl (C=O) groups is 4. The highest BCUT2D eigenvalue weighted by Crippen LogP contribution is 2.22. The second kappa shape index (κ2) is 14.2. The quantitative estimate of drug-likeness (QED) is 0.278. The summed E-state index contributed by atoms with van der Waals surface area (Å²) in [6.45, 7) is 10.4. The summed E-state index contributed by atoms with van der Waals surface area (Å²) in [4.78, 5) is 46.6. The molecule has 0 saturated heterocycles. The van der Waals surface area contributed by atoms with Crippen LogP contribution in [0.3, 0.4) is 0 Å². The van der Waals surface area contributed by atoms with Gasteiger partial charge in [0.05, 0.1) is 11.4 Å². The standard InChI is InChI=1S/C15H20N2O3.C14H21N3O4/c1-15(2,3)20-14(19)17-12-9-8-10-6-4-5-7-11(10)16-13(12)18;1-14(2,3)21-13(20)17-11(12(18)19)8-16-10-7-5-4-6-9(10)15/h4-7,12H,8-9H2,1-3H3,(H,16,18)(H,17,19);4-7,11,16H,8,15H2,1-3H3,(H,17,20)(H,18,19)/t12-;11-/m00/s1. The zero-order valence-electron chi connectivity index (χ0n) is 24.4. The normalized spacial score (nSPS) is 15.4. The fraction of sp³-hybridized carbons (Fsp3) is 0.448. The lowest BCUT2D eigenvalue weighted by atomic mass is 10.1. The predicted octanol–water partition coefficient (Wildman–Crippen LogP) is 4.12. The van der Waals surface area contributed by atoms with E-state index >= 15 is 0 Å². The molecule has 1 aliphatic heterocycles. The molecule has 224 valence electrons. The topological polar surface area (TPSA) is 181 Å². The number of carboxylic acid groups (broad SMARTS) is 1. The molecule has 0 spiro atoms. The number of rotatable bonds is 6. The summed E-state index contributed by atoms with van der Waals surface area (Å²) in [6, 6.07) is 12.9. The van der Waals surface area contributed by atoms with Gasteiger partial charge in [-0.15, -0.1) is 0 Å². The first-order valence-corrected chi connectivity index (χ1v) is 13.2. The van der Waals surface area contributed by atoms with E-state index in [1.54, 1.807) is 65.8 Å². The van der Waals surface area contributed by atoms with E-state index in [-0.39, 0.29) is 12.5 Å². The highest BCUT2D eigenvalue weighted by Gasteiger charge is 2.27. The third-order valence-corrected chi connectivity index (χ3v) is 5.43. The van der Waals surface area contributed by atoms with Gasteiger partial charge in [0, 0.05) is 12.2 Å². The second-order valence-corrected chi connectivity index (χ2v) is 11.4. The van der Waals surface area contributed by atoms with Gasteiger partial charge in [-0.2, -0.15) is 0 Å². The van der Waals surface area contributed by atoms with Crippen LogP contribution in [0.25, 0.3) is 0 Å². The molecule has 41 heavy (non-hydrogen) atoms. The maximum Gasteiger partial charge on any atom is 0.408 e. The Kier molecular flexibility index (Phi) is 11.4. The number of hydrogen-bond donors (Lipinski definition) is 6. The van der Waals surface area contributed by atoms with Crippen molar-refractivity contribution in [2.45, 2.75) is 77.7 Å². The summed E-state index contributed by atoms with van der Waals surface area (Å²) >= 11 is 0. The minimum Gasteiger partial charge on any atom is -0.480 e. The molecular weight excluding hydrogens is 530 g/mol. The second-order valence-electron chi connectivity index (χ2n) is 11.4. The Hall–Kier alpha value is -4.48. The predicted molar refractivity (Wildman–Crippen MR) is 157 cm³/mol. The van der Waals surface area contributed by atoms with Gasteiger partial charge in [0.1, 0.15) is 23.3 Å². The number of nitrogens with two attached hydrogens (primary N) is 1. The van der Waals surface area contributed by atoms with Crippen LogP contribution in [0.5, 0.6) is 0 Å². The number of hydrogen-bond acceptors (Lipinski definition) is 8. The number of alkyl carbamates (subject to hydrolysis) is 2. The molecule has 0 unspecified atom stereocenters. The van der Waals surface area contributed by atoms with Crippen molar-refractivity contribution in [3.05, 3.63) is 54.1 Å². The number of fused-ring (bicyclic) bond motifs is 1. The fourth-order valence-electron chi connectivity index (χ4n) is 3.62. The first-order chi connectivity index (χ1) is 19.0. The molecule has 0 fully saturated rings. The van der Waals surface area contributed by atoms with Crippen LogP contribution in [0.1, 0.15) is 53.5 Å². The van der Waals surface area contributed by atoms with Crippen LogP contribution in [0, 0.1) is 0 Å². The summed E-state index contributed by atoms with van der Waals surface area (Å²) in [6.07, 6.45) is -0.0568. The van der Waals surface area contributed by atoms with Crippen LogP contribution >= 0.6 is 0 Å². The van der Waals surface area contributed by atoms with Crippen LogP contribution in [0.4, 0.5) is 26.7 Å². The third-order valence-electron chi connectivity index (χ3n) is 5.43. The molecule has 3 amide bonds. The van der Waals surface area contributed by atoms with Gasteiger partial charge in [-0.3, -0.25) is 4.79 Å². The number of ether oxygens (including phenoxy) is 2. The molecule has 1 aliphatic rings. The average molecular weight is 572 g/mol. The Labute approximate surface area is 240 Å². The minimum atomic E-state index is -1.16. The summed E-state index contributed by atoms with van der Waals surface area (Å²) in [5, 5.41) is 19.8. The number of nitrogen functional groups attached to an aromatic ring is 1. The van der Waals surface area contributed by atoms with Gasteiger partial charge in [0.25, 0.3) is 0 Å². The first kappa shape index (κ1) is 32.7. The monoisotopic (exact) mass is 571 g/mol. The number of anilines is 3. The highest BCUT2D eigenvalue weighted by molar-refractivity contribution is 5.97. The molecule has 2 atom stereocenters.